The molecule has 0 aromatic heterocycles. The fourth-order valence-corrected chi connectivity index (χ4v) is 8.08. The quantitative estimate of drug-likeness (QED) is 0.137. The molecule has 4 atom stereocenters. The maximum atomic E-state index is 10.3. The van der Waals surface area contributed by atoms with Crippen molar-refractivity contribution in [2.45, 2.75) is 76.4 Å². The number of aryl methyl sites for hydroxylation is 2. The van der Waals surface area contributed by atoms with Crippen molar-refractivity contribution in [2.75, 3.05) is 14.2 Å². The Kier molecular flexibility index (Phi) is 16.0. The number of nitrogens with two attached hydrogens (primary N) is 1. The first-order valence-corrected chi connectivity index (χ1v) is 19.5. The third-order valence-electron chi connectivity index (χ3n) is 11.0. The highest BCUT2D eigenvalue weighted by atomic mass is 16.5. The van der Waals surface area contributed by atoms with Gasteiger partial charge in [-0.15, -0.1) is 0 Å². The molecule has 0 bridgehead atoms. The second-order valence-corrected chi connectivity index (χ2v) is 14.4. The lowest BCUT2D eigenvalue weighted by atomic mass is 9.76. The molecule has 0 saturated carbocycles. The van der Waals surface area contributed by atoms with E-state index in [2.05, 4.69) is 127 Å². The largest absolute Gasteiger partial charge is 0.496 e. The average Bonchev–Trinajstić information content (AvgIpc) is 3.25. The summed E-state index contributed by atoms with van der Waals surface area (Å²) in [5, 5.41) is 3.84. The number of carbonyl (C=O) groups is 1. The van der Waals surface area contributed by atoms with E-state index in [1.54, 1.807) is 32.4 Å². The molecule has 8 rings (SSSR count). The number of ether oxygens (including phenoxy) is 2. The van der Waals surface area contributed by atoms with Gasteiger partial charge in [0.1, 0.15) is 11.5 Å². The van der Waals surface area contributed by atoms with Gasteiger partial charge >= 0.3 is 0 Å². The number of benzene rings is 6. The van der Waals surface area contributed by atoms with Crippen LogP contribution in [0.25, 0.3) is 0 Å². The van der Waals surface area contributed by atoms with E-state index in [0.29, 0.717) is 35.2 Å². The number of fused-ring (bicyclic) bond motifs is 2. The smallest absolute Gasteiger partial charge is 0.153 e. The molecule has 0 fully saturated rings. The molecule has 0 amide bonds. The van der Waals surface area contributed by atoms with Gasteiger partial charge in [-0.05, 0) is 90.1 Å². The number of methoxy groups -OCH3 is 2. The molecule has 2 aliphatic rings. The predicted molar refractivity (Wildman–Crippen MR) is 232 cm³/mol. The standard InChI is InChI=1S/C25H27NO.C17H19N.C8H8O2.CH4/c1-27-25-14-8-6-12-21(25)18-26-24-16-15-20-11-5-7-13-22(20)23(24)17-19-9-3-2-4-10-19;18-17-11-10-14-8-4-5-9-15(14)16(17)12-13-6-2-1-3-7-13;1-10-8-5-3-2-4-7(8)6-9;/h2-14,23-24,26H,15-18H2,1H3;1-9,16-17H,10-12,18H2;2-6H,1H3;1H4. The van der Waals surface area contributed by atoms with Crippen LogP contribution >= 0.6 is 0 Å². The van der Waals surface area contributed by atoms with E-state index in [4.69, 9.17) is 15.2 Å². The zero-order valence-electron chi connectivity index (χ0n) is 32.1. The highest BCUT2D eigenvalue weighted by Crippen LogP contribution is 2.35. The van der Waals surface area contributed by atoms with Crippen molar-refractivity contribution in [1.29, 1.82) is 0 Å². The van der Waals surface area contributed by atoms with Gasteiger partial charge in [0.15, 0.2) is 6.29 Å². The van der Waals surface area contributed by atoms with E-state index in [1.807, 2.05) is 18.2 Å². The number of rotatable bonds is 10. The van der Waals surface area contributed by atoms with E-state index in [9.17, 15) is 4.79 Å². The van der Waals surface area contributed by atoms with Gasteiger partial charge in [-0.25, -0.2) is 0 Å². The maximum absolute atomic E-state index is 10.3. The molecule has 0 saturated heterocycles. The maximum Gasteiger partial charge on any atom is 0.153 e. The zero-order chi connectivity index (χ0) is 38.2. The van der Waals surface area contributed by atoms with Crippen molar-refractivity contribution in [3.63, 3.8) is 0 Å². The Morgan fingerprint density at radius 2 is 1.07 bits per heavy atom. The first-order chi connectivity index (χ1) is 27.1. The van der Waals surface area contributed by atoms with Crippen molar-refractivity contribution < 1.29 is 14.3 Å². The molecule has 3 N–H and O–H groups in total. The molecule has 6 aromatic carbocycles. The molecule has 4 unspecified atom stereocenters. The van der Waals surface area contributed by atoms with Crippen LogP contribution in [0.4, 0.5) is 0 Å². The molecular formula is C51H58N2O3. The second-order valence-electron chi connectivity index (χ2n) is 14.4. The molecule has 0 radical (unpaired) electrons. The SMILES string of the molecule is C.COc1ccccc1C=O.COc1ccccc1CNC1CCc2ccccc2C1Cc1ccccc1.NC1CCc2ccccc2C1Cc1ccccc1. The van der Waals surface area contributed by atoms with Gasteiger partial charge in [0.05, 0.1) is 19.8 Å². The topological polar surface area (TPSA) is 73.6 Å². The lowest BCUT2D eigenvalue weighted by Gasteiger charge is -2.35. The Hall–Kier alpha value is -5.49. The highest BCUT2D eigenvalue weighted by molar-refractivity contribution is 5.79. The highest BCUT2D eigenvalue weighted by Gasteiger charge is 2.29. The summed E-state index contributed by atoms with van der Waals surface area (Å²) < 4.78 is 10.4. The number of aldehydes is 1. The third kappa shape index (κ3) is 11.1. The van der Waals surface area contributed by atoms with Crippen molar-refractivity contribution >= 4 is 6.29 Å². The summed E-state index contributed by atoms with van der Waals surface area (Å²) in [6.45, 7) is 0.835. The zero-order valence-corrected chi connectivity index (χ0v) is 32.1. The van der Waals surface area contributed by atoms with Crippen LogP contribution in [0.5, 0.6) is 11.5 Å². The van der Waals surface area contributed by atoms with Gasteiger partial charge in [-0.1, -0.05) is 147 Å². The molecule has 5 nitrogen and oxygen atoms in total. The summed E-state index contributed by atoms with van der Waals surface area (Å²) in [7, 11) is 3.29. The lowest BCUT2D eigenvalue weighted by molar-refractivity contribution is 0.112. The van der Waals surface area contributed by atoms with Crippen LogP contribution < -0.4 is 20.5 Å². The first-order valence-electron chi connectivity index (χ1n) is 19.5. The number of para-hydroxylation sites is 2. The fourth-order valence-electron chi connectivity index (χ4n) is 8.08. The molecule has 0 heterocycles. The summed E-state index contributed by atoms with van der Waals surface area (Å²) in [6.07, 6.45) is 7.45. The molecular weight excluding hydrogens is 689 g/mol. The Bertz CT molecular complexity index is 2070. The van der Waals surface area contributed by atoms with E-state index in [-0.39, 0.29) is 7.43 Å². The number of nitrogens with one attached hydrogen (secondary N) is 1. The van der Waals surface area contributed by atoms with Crippen LogP contribution in [0.2, 0.25) is 0 Å². The second kappa shape index (κ2) is 21.6. The van der Waals surface area contributed by atoms with Gasteiger partial charge in [0.25, 0.3) is 0 Å². The average molecular weight is 747 g/mol. The Morgan fingerprint density at radius 3 is 1.66 bits per heavy atom. The third-order valence-corrected chi connectivity index (χ3v) is 11.0. The van der Waals surface area contributed by atoms with Crippen LogP contribution in [0, 0.1) is 0 Å². The van der Waals surface area contributed by atoms with Crippen molar-refractivity contribution in [3.05, 3.63) is 202 Å². The molecule has 5 heteroatoms. The fraction of sp³-hybridized carbons (Fsp3) is 0.275. The van der Waals surface area contributed by atoms with Crippen LogP contribution in [0.3, 0.4) is 0 Å². The predicted octanol–water partition coefficient (Wildman–Crippen LogP) is 10.6. The summed E-state index contributed by atoms with van der Waals surface area (Å²) >= 11 is 0. The van der Waals surface area contributed by atoms with Crippen molar-refractivity contribution in [3.8, 4) is 11.5 Å². The van der Waals surface area contributed by atoms with Gasteiger partial charge < -0.3 is 20.5 Å². The van der Waals surface area contributed by atoms with E-state index < -0.39 is 0 Å². The van der Waals surface area contributed by atoms with Gasteiger partial charge in [0.2, 0.25) is 0 Å². The minimum absolute atomic E-state index is 0. The summed E-state index contributed by atoms with van der Waals surface area (Å²) in [4.78, 5) is 10.3. The lowest BCUT2D eigenvalue weighted by Crippen LogP contribution is -2.39. The van der Waals surface area contributed by atoms with Gasteiger partial charge in [0, 0.05) is 36.0 Å². The Labute approximate surface area is 334 Å². The summed E-state index contributed by atoms with van der Waals surface area (Å²) in [5.41, 5.74) is 16.9. The number of hydrogen-bond acceptors (Lipinski definition) is 5. The van der Waals surface area contributed by atoms with Crippen molar-refractivity contribution in [2.24, 2.45) is 5.73 Å². The molecule has 6 aromatic rings. The normalized spacial score (nSPS) is 17.8. The van der Waals surface area contributed by atoms with E-state index >= 15 is 0 Å². The van der Waals surface area contributed by atoms with Crippen LogP contribution in [-0.4, -0.2) is 32.6 Å². The van der Waals surface area contributed by atoms with Crippen LogP contribution in [0.1, 0.15) is 81.4 Å². The summed E-state index contributed by atoms with van der Waals surface area (Å²) in [6, 6.07) is 55.4. The minimum atomic E-state index is 0. The van der Waals surface area contributed by atoms with E-state index in [1.165, 1.54) is 45.4 Å². The van der Waals surface area contributed by atoms with Gasteiger partial charge in [-0.2, -0.15) is 0 Å². The van der Waals surface area contributed by atoms with Gasteiger partial charge in [-0.3, -0.25) is 4.79 Å². The van der Waals surface area contributed by atoms with E-state index in [0.717, 1.165) is 50.7 Å². The Morgan fingerprint density at radius 1 is 0.589 bits per heavy atom. The molecule has 0 aliphatic heterocycles. The number of carbonyl (C=O) groups excluding carboxylic acids is 1. The minimum Gasteiger partial charge on any atom is -0.496 e. The summed E-state index contributed by atoms with van der Waals surface area (Å²) in [5.74, 6) is 2.54. The van der Waals surface area contributed by atoms with Crippen LogP contribution in [0.15, 0.2) is 158 Å². The Balaban J connectivity index is 0.000000178. The monoisotopic (exact) mass is 746 g/mol. The molecule has 56 heavy (non-hydrogen) atoms. The molecule has 0 spiro atoms. The number of hydrogen-bond donors (Lipinski definition) is 2. The van der Waals surface area contributed by atoms with Crippen LogP contribution in [-0.2, 0) is 32.2 Å². The molecule has 2 aliphatic carbocycles. The van der Waals surface area contributed by atoms with Crippen molar-refractivity contribution in [1.82, 2.24) is 5.32 Å². The first kappa shape index (κ1) is 41.7. The molecule has 290 valence electrons.